The lowest BCUT2D eigenvalue weighted by Crippen LogP contribution is -1.96. The normalized spacial score (nSPS) is 12.5. The molecule has 1 aliphatic rings. The molecule has 0 saturated heterocycles. The second kappa shape index (κ2) is 11.9. The highest BCUT2D eigenvalue weighted by atomic mass is 32.2. The molecule has 0 spiro atoms. The quantitative estimate of drug-likeness (QED) is 0.130. The van der Waals surface area contributed by atoms with Crippen LogP contribution in [0.3, 0.4) is 0 Å². The first kappa shape index (κ1) is 29.7. The van der Waals surface area contributed by atoms with Crippen molar-refractivity contribution in [2.75, 3.05) is 0 Å². The number of rotatable bonds is 3. The molecule has 11 aromatic rings. The molecular formula is C54H32S. The monoisotopic (exact) mass is 713 g/mol. The maximum absolute atomic E-state index is 9.75. The summed E-state index contributed by atoms with van der Waals surface area (Å²) in [5, 5.41) is 14.5. The van der Waals surface area contributed by atoms with E-state index in [2.05, 4.69) is 188 Å². The van der Waals surface area contributed by atoms with Crippen molar-refractivity contribution >= 4 is 76.4 Å². The van der Waals surface area contributed by atoms with E-state index in [4.69, 9.17) is 0 Å². The first-order valence-corrected chi connectivity index (χ1v) is 19.7. The molecule has 0 nitrogen and oxygen atoms in total. The molecule has 254 valence electrons. The van der Waals surface area contributed by atoms with Crippen LogP contribution in [0.5, 0.6) is 0 Å². The Hall–Kier alpha value is -6.67. The Balaban J connectivity index is 1.06. The average molecular weight is 714 g/mol. The van der Waals surface area contributed by atoms with Crippen LogP contribution >= 0.6 is 11.8 Å². The maximum atomic E-state index is 9.75. The van der Waals surface area contributed by atoms with E-state index >= 15 is 0 Å². The van der Waals surface area contributed by atoms with Gasteiger partial charge in [0.05, 0.1) is 1.37 Å². The van der Waals surface area contributed by atoms with Gasteiger partial charge in [0.1, 0.15) is 0 Å². The molecule has 1 heterocycles. The van der Waals surface area contributed by atoms with Crippen LogP contribution in [0.15, 0.2) is 204 Å². The highest BCUT2D eigenvalue weighted by Crippen LogP contribution is 2.52. The van der Waals surface area contributed by atoms with Crippen LogP contribution in [0.4, 0.5) is 0 Å². The van der Waals surface area contributed by atoms with Crippen LogP contribution in [0.25, 0.3) is 109 Å². The maximum Gasteiger partial charge on any atom is 0.0636 e. The van der Waals surface area contributed by atoms with Gasteiger partial charge in [0, 0.05) is 15.2 Å². The molecule has 0 atom stereocenters. The van der Waals surface area contributed by atoms with E-state index in [0.29, 0.717) is 6.04 Å². The molecule has 0 aliphatic carbocycles. The highest BCUT2D eigenvalue weighted by Gasteiger charge is 2.23. The van der Waals surface area contributed by atoms with Gasteiger partial charge in [-0.3, -0.25) is 0 Å². The number of fused-ring (bicyclic) bond motifs is 8. The molecule has 1 aliphatic heterocycles. The molecule has 0 aromatic heterocycles. The molecule has 1 heteroatoms. The van der Waals surface area contributed by atoms with Crippen LogP contribution in [0.1, 0.15) is 1.37 Å². The van der Waals surface area contributed by atoms with Crippen molar-refractivity contribution < 1.29 is 1.37 Å². The summed E-state index contributed by atoms with van der Waals surface area (Å²) < 4.78 is 9.75. The van der Waals surface area contributed by atoms with Crippen molar-refractivity contribution in [2.45, 2.75) is 9.79 Å². The predicted octanol–water partition coefficient (Wildman–Crippen LogP) is 15.7. The van der Waals surface area contributed by atoms with Crippen molar-refractivity contribution in [1.29, 1.82) is 0 Å². The Morgan fingerprint density at radius 2 is 0.891 bits per heavy atom. The minimum Gasteiger partial charge on any atom is -0.0888 e. The van der Waals surface area contributed by atoms with Gasteiger partial charge < -0.3 is 0 Å². The minimum absolute atomic E-state index is 0.592. The van der Waals surface area contributed by atoms with Crippen molar-refractivity contribution in [3.63, 3.8) is 0 Å². The average Bonchev–Trinajstić information content (AvgIpc) is 3.26. The first-order valence-electron chi connectivity index (χ1n) is 19.4. The van der Waals surface area contributed by atoms with Crippen LogP contribution in [0, 0.1) is 0 Å². The summed E-state index contributed by atoms with van der Waals surface area (Å²) in [6.45, 7) is 0. The molecule has 12 rings (SSSR count). The molecule has 0 fully saturated rings. The Morgan fingerprint density at radius 3 is 1.67 bits per heavy atom. The van der Waals surface area contributed by atoms with Crippen LogP contribution in [-0.2, 0) is 0 Å². The molecule has 0 amide bonds. The lowest BCUT2D eigenvalue weighted by Gasteiger charge is -2.23. The highest BCUT2D eigenvalue weighted by molar-refractivity contribution is 7.99. The van der Waals surface area contributed by atoms with Gasteiger partial charge in [-0.25, -0.2) is 0 Å². The number of hydrogen-bond acceptors (Lipinski definition) is 1. The van der Waals surface area contributed by atoms with Gasteiger partial charge in [-0.05, 0) is 134 Å². The molecular weight excluding hydrogens is 681 g/mol. The van der Waals surface area contributed by atoms with Crippen LogP contribution in [-0.4, -0.2) is 0 Å². The summed E-state index contributed by atoms with van der Waals surface area (Å²) in [5.74, 6) is 0. The van der Waals surface area contributed by atoms with Crippen molar-refractivity contribution in [3.05, 3.63) is 194 Å². The molecule has 0 radical (unpaired) electrons. The van der Waals surface area contributed by atoms with Gasteiger partial charge in [0.15, 0.2) is 0 Å². The van der Waals surface area contributed by atoms with Gasteiger partial charge in [-0.2, -0.15) is 0 Å². The third kappa shape index (κ3) is 4.67. The van der Waals surface area contributed by atoms with E-state index in [1.54, 1.807) is 0 Å². The largest absolute Gasteiger partial charge is 0.0888 e. The zero-order valence-electron chi connectivity index (χ0n) is 30.8. The third-order valence-electron chi connectivity index (χ3n) is 11.7. The predicted molar refractivity (Wildman–Crippen MR) is 237 cm³/mol. The lowest BCUT2D eigenvalue weighted by molar-refractivity contribution is 1.40. The number of hydrogen-bond donors (Lipinski definition) is 0. The summed E-state index contributed by atoms with van der Waals surface area (Å²) in [4.78, 5) is 2.39. The second-order valence-electron chi connectivity index (χ2n) is 14.7. The summed E-state index contributed by atoms with van der Waals surface area (Å²) in [6, 6.07) is 69.2. The Kier molecular flexibility index (Phi) is 6.45. The molecule has 55 heavy (non-hydrogen) atoms. The lowest BCUT2D eigenvalue weighted by atomic mass is 9.84. The summed E-state index contributed by atoms with van der Waals surface area (Å²) in [6.07, 6.45) is 0. The fourth-order valence-electron chi connectivity index (χ4n) is 9.18. The molecule has 0 bridgehead atoms. The molecule has 0 N–H and O–H groups in total. The van der Waals surface area contributed by atoms with Crippen molar-refractivity contribution in [3.8, 4) is 44.5 Å². The van der Waals surface area contributed by atoms with Crippen molar-refractivity contribution in [1.82, 2.24) is 0 Å². The fraction of sp³-hybridized carbons (Fsp3) is 0. The zero-order valence-corrected chi connectivity index (χ0v) is 30.6. The summed E-state index contributed by atoms with van der Waals surface area (Å²) >= 11 is 1.83. The van der Waals surface area contributed by atoms with E-state index in [1.165, 1.54) is 97.0 Å². The first-order chi connectivity index (χ1) is 27.7. The topological polar surface area (TPSA) is 0 Å². The van der Waals surface area contributed by atoms with Crippen LogP contribution in [0.2, 0.25) is 0 Å². The van der Waals surface area contributed by atoms with E-state index in [9.17, 15) is 1.37 Å². The SMILES string of the molecule is [2H]c1c2c3c(cccc3c3cc(-c4ccc5ccccc5c4)ccc13)Sc1cc(-c3c4ccccc4c(-c4cccc5ccccc45)c4ccccc34)ccc1-2. The third-order valence-corrected chi connectivity index (χ3v) is 12.8. The summed E-state index contributed by atoms with van der Waals surface area (Å²) in [7, 11) is 0. The molecule has 0 saturated carbocycles. The van der Waals surface area contributed by atoms with Gasteiger partial charge in [-0.15, -0.1) is 0 Å². The van der Waals surface area contributed by atoms with Gasteiger partial charge >= 0.3 is 0 Å². The van der Waals surface area contributed by atoms with Gasteiger partial charge in [-0.1, -0.05) is 176 Å². The standard InChI is InChI=1S/C54H32S/c1-2-13-35-29-36(24-23-33(35)11-1)37-25-26-38-31-49-41-28-27-39(32-51(41)55-50-22-10-21-47(54(49)50)48(38)30-37)52-43-16-5-7-18-45(43)53(46-19-8-6-17-44(46)52)42-20-9-14-34-12-3-4-15-40(34)42/h1-32H/i31D. The Morgan fingerprint density at radius 1 is 0.309 bits per heavy atom. The fourth-order valence-corrected chi connectivity index (χ4v) is 10.3. The number of benzene rings is 11. The van der Waals surface area contributed by atoms with Gasteiger partial charge in [0.2, 0.25) is 0 Å². The van der Waals surface area contributed by atoms with E-state index in [1.807, 2.05) is 11.8 Å². The Labute approximate surface area is 324 Å². The van der Waals surface area contributed by atoms with Gasteiger partial charge in [0.25, 0.3) is 0 Å². The molecule has 11 aromatic carbocycles. The van der Waals surface area contributed by atoms with E-state index in [-0.39, 0.29) is 0 Å². The zero-order chi connectivity index (χ0) is 36.9. The molecule has 0 unspecified atom stereocenters. The second-order valence-corrected chi connectivity index (χ2v) is 15.8. The Bertz CT molecular complexity index is 3410. The summed E-state index contributed by atoms with van der Waals surface area (Å²) in [5.41, 5.74) is 9.50. The van der Waals surface area contributed by atoms with E-state index < -0.39 is 0 Å². The minimum atomic E-state index is 0.592. The smallest absolute Gasteiger partial charge is 0.0636 e. The van der Waals surface area contributed by atoms with Crippen molar-refractivity contribution in [2.24, 2.45) is 0 Å². The van der Waals surface area contributed by atoms with E-state index in [0.717, 1.165) is 21.9 Å². The van der Waals surface area contributed by atoms with Crippen LogP contribution < -0.4 is 0 Å².